The quantitative estimate of drug-likeness (QED) is 0.586. The summed E-state index contributed by atoms with van der Waals surface area (Å²) in [5.41, 5.74) is 1.66. The Morgan fingerprint density at radius 2 is 2.00 bits per heavy atom. The molecule has 7 heteroatoms. The molecule has 2 N–H and O–H groups in total. The van der Waals surface area contributed by atoms with E-state index in [-0.39, 0.29) is 23.6 Å². The first kappa shape index (κ1) is 19.8. The van der Waals surface area contributed by atoms with Crippen LogP contribution in [0.25, 0.3) is 6.08 Å². The minimum absolute atomic E-state index is 0.112. The van der Waals surface area contributed by atoms with Gasteiger partial charge in [-0.25, -0.2) is 0 Å². The molecular weight excluding hydrogens is 404 g/mol. The Kier molecular flexibility index (Phi) is 5.59. The summed E-state index contributed by atoms with van der Waals surface area (Å²) in [7, 11) is 0. The van der Waals surface area contributed by atoms with Crippen LogP contribution in [-0.4, -0.2) is 17.9 Å². The van der Waals surface area contributed by atoms with E-state index in [1.165, 1.54) is 0 Å². The zero-order valence-electron chi connectivity index (χ0n) is 16.1. The molecular formula is C23H19ClN2O4. The van der Waals surface area contributed by atoms with Crippen LogP contribution in [0.4, 0.5) is 5.69 Å². The molecule has 0 saturated heterocycles. The smallest absolute Gasteiger partial charge is 0.291 e. The van der Waals surface area contributed by atoms with Gasteiger partial charge in [0, 0.05) is 23.0 Å². The van der Waals surface area contributed by atoms with Gasteiger partial charge in [-0.1, -0.05) is 23.7 Å². The summed E-state index contributed by atoms with van der Waals surface area (Å²) in [5, 5.41) is 6.31. The van der Waals surface area contributed by atoms with Gasteiger partial charge in [0.25, 0.3) is 11.8 Å². The van der Waals surface area contributed by atoms with Crippen LogP contribution in [0.5, 0.6) is 5.75 Å². The van der Waals surface area contributed by atoms with E-state index in [1.54, 1.807) is 54.8 Å². The third-order valence-corrected chi connectivity index (χ3v) is 4.82. The van der Waals surface area contributed by atoms with Crippen molar-refractivity contribution in [3.8, 4) is 5.75 Å². The van der Waals surface area contributed by atoms with Gasteiger partial charge < -0.3 is 19.8 Å². The number of rotatable bonds is 5. The molecule has 1 aromatic heterocycles. The SMILES string of the molecule is C[C@@H](Cc1ccco1)NC(=O)c1ccc2c(c1)NC(=O)/C(=C\c1ccc(Cl)cc1)O2. The predicted octanol–water partition coefficient (Wildman–Crippen LogP) is 4.67. The number of benzene rings is 2. The van der Waals surface area contributed by atoms with Gasteiger partial charge in [0.1, 0.15) is 5.76 Å². The molecule has 4 rings (SSSR count). The Labute approximate surface area is 178 Å². The van der Waals surface area contributed by atoms with Crippen LogP contribution in [0.2, 0.25) is 5.02 Å². The average molecular weight is 423 g/mol. The number of nitrogens with one attached hydrogen (secondary N) is 2. The first-order valence-electron chi connectivity index (χ1n) is 9.42. The largest absolute Gasteiger partial charge is 0.469 e. The highest BCUT2D eigenvalue weighted by molar-refractivity contribution is 6.30. The number of fused-ring (bicyclic) bond motifs is 1. The lowest BCUT2D eigenvalue weighted by Gasteiger charge is -2.21. The lowest BCUT2D eigenvalue weighted by atomic mass is 10.1. The van der Waals surface area contributed by atoms with Gasteiger partial charge in [0.2, 0.25) is 0 Å². The molecule has 1 aliphatic rings. The van der Waals surface area contributed by atoms with E-state index in [9.17, 15) is 9.59 Å². The van der Waals surface area contributed by atoms with Crippen LogP contribution in [0.15, 0.2) is 71.0 Å². The van der Waals surface area contributed by atoms with Crippen molar-refractivity contribution in [2.45, 2.75) is 19.4 Å². The molecule has 3 aromatic rings. The molecule has 2 amide bonds. The standard InChI is InChI=1S/C23H19ClN2O4/c1-14(11-18-3-2-10-29-18)25-22(27)16-6-9-20-19(13-16)26-23(28)21(30-20)12-15-4-7-17(24)8-5-15/h2-10,12-14H,11H2,1H3,(H,25,27)(H,26,28)/b21-12+/t14-/m0/s1. The van der Waals surface area contributed by atoms with E-state index in [0.717, 1.165) is 11.3 Å². The fourth-order valence-corrected chi connectivity index (χ4v) is 3.23. The van der Waals surface area contributed by atoms with Gasteiger partial charge in [-0.05, 0) is 61.0 Å². The van der Waals surface area contributed by atoms with Gasteiger partial charge in [-0.3, -0.25) is 9.59 Å². The number of hydrogen-bond acceptors (Lipinski definition) is 4. The minimum atomic E-state index is -0.388. The summed E-state index contributed by atoms with van der Waals surface area (Å²) in [6.07, 6.45) is 3.82. The van der Waals surface area contributed by atoms with Crippen LogP contribution in [-0.2, 0) is 11.2 Å². The highest BCUT2D eigenvalue weighted by Gasteiger charge is 2.23. The molecule has 0 saturated carbocycles. The van der Waals surface area contributed by atoms with Gasteiger partial charge in [0.15, 0.2) is 11.5 Å². The molecule has 0 unspecified atom stereocenters. The van der Waals surface area contributed by atoms with Crippen molar-refractivity contribution >= 4 is 35.2 Å². The second kappa shape index (κ2) is 8.47. The lowest BCUT2D eigenvalue weighted by molar-refractivity contribution is -0.115. The van der Waals surface area contributed by atoms with Crippen LogP contribution < -0.4 is 15.4 Å². The Hall–Kier alpha value is -3.51. The number of ether oxygens (including phenoxy) is 1. The summed E-state index contributed by atoms with van der Waals surface area (Å²) in [5.74, 6) is 0.799. The molecule has 6 nitrogen and oxygen atoms in total. The van der Waals surface area contributed by atoms with E-state index in [2.05, 4.69) is 10.6 Å². The molecule has 1 atom stereocenters. The van der Waals surface area contributed by atoms with Crippen molar-refractivity contribution in [3.05, 3.63) is 88.5 Å². The van der Waals surface area contributed by atoms with E-state index in [0.29, 0.717) is 28.4 Å². The zero-order valence-corrected chi connectivity index (χ0v) is 16.9. The van der Waals surface area contributed by atoms with Gasteiger partial charge in [-0.2, -0.15) is 0 Å². The zero-order chi connectivity index (χ0) is 21.1. The third-order valence-electron chi connectivity index (χ3n) is 4.57. The van der Waals surface area contributed by atoms with Crippen molar-refractivity contribution in [1.82, 2.24) is 5.32 Å². The molecule has 0 fully saturated rings. The topological polar surface area (TPSA) is 80.6 Å². The summed E-state index contributed by atoms with van der Waals surface area (Å²) in [6.45, 7) is 1.90. The molecule has 30 heavy (non-hydrogen) atoms. The molecule has 1 aliphatic heterocycles. The normalized spacial score (nSPS) is 15.1. The summed E-state index contributed by atoms with van der Waals surface area (Å²) < 4.78 is 11.0. The Morgan fingerprint density at radius 1 is 1.20 bits per heavy atom. The van der Waals surface area contributed by atoms with E-state index in [1.807, 2.05) is 19.1 Å². The maximum Gasteiger partial charge on any atom is 0.291 e. The van der Waals surface area contributed by atoms with Crippen molar-refractivity contribution in [3.63, 3.8) is 0 Å². The van der Waals surface area contributed by atoms with Crippen molar-refractivity contribution in [1.29, 1.82) is 0 Å². The summed E-state index contributed by atoms with van der Waals surface area (Å²) >= 11 is 5.89. The van der Waals surface area contributed by atoms with Gasteiger partial charge in [0.05, 0.1) is 12.0 Å². The van der Waals surface area contributed by atoms with Crippen LogP contribution in [0, 0.1) is 0 Å². The third kappa shape index (κ3) is 4.55. The first-order chi connectivity index (χ1) is 14.5. The van der Waals surface area contributed by atoms with Crippen LogP contribution >= 0.6 is 11.6 Å². The fraction of sp³-hybridized carbons (Fsp3) is 0.130. The maximum atomic E-state index is 12.6. The first-order valence-corrected chi connectivity index (χ1v) is 9.79. The maximum absolute atomic E-state index is 12.6. The molecule has 0 aliphatic carbocycles. The summed E-state index contributed by atoms with van der Waals surface area (Å²) in [6, 6.07) is 15.5. The molecule has 2 heterocycles. The number of hydrogen-bond donors (Lipinski definition) is 2. The lowest BCUT2D eigenvalue weighted by Crippen LogP contribution is -2.34. The number of carbonyl (C=O) groups excluding carboxylic acids is 2. The number of halogens is 1. The second-order valence-corrected chi connectivity index (χ2v) is 7.42. The molecule has 0 spiro atoms. The van der Waals surface area contributed by atoms with E-state index in [4.69, 9.17) is 20.8 Å². The van der Waals surface area contributed by atoms with Crippen LogP contribution in [0.1, 0.15) is 28.6 Å². The number of furan rings is 1. The van der Waals surface area contributed by atoms with Gasteiger partial charge in [-0.15, -0.1) is 0 Å². The van der Waals surface area contributed by atoms with Crippen molar-refractivity contribution in [2.24, 2.45) is 0 Å². The van der Waals surface area contributed by atoms with Gasteiger partial charge >= 0.3 is 0 Å². The van der Waals surface area contributed by atoms with E-state index < -0.39 is 0 Å². The highest BCUT2D eigenvalue weighted by atomic mass is 35.5. The number of anilines is 1. The Morgan fingerprint density at radius 3 is 2.73 bits per heavy atom. The van der Waals surface area contributed by atoms with Crippen LogP contribution in [0.3, 0.4) is 0 Å². The van der Waals surface area contributed by atoms with E-state index >= 15 is 0 Å². The highest BCUT2D eigenvalue weighted by Crippen LogP contribution is 2.32. The summed E-state index contributed by atoms with van der Waals surface area (Å²) in [4.78, 5) is 25.0. The van der Waals surface area contributed by atoms with Crippen molar-refractivity contribution < 1.29 is 18.7 Å². The fourth-order valence-electron chi connectivity index (χ4n) is 3.10. The predicted molar refractivity (Wildman–Crippen MR) is 114 cm³/mol. The monoisotopic (exact) mass is 422 g/mol. The second-order valence-electron chi connectivity index (χ2n) is 6.99. The molecule has 152 valence electrons. The average Bonchev–Trinajstić information content (AvgIpc) is 3.22. The minimum Gasteiger partial charge on any atom is -0.469 e. The Balaban J connectivity index is 1.46. The van der Waals surface area contributed by atoms with Crippen molar-refractivity contribution in [2.75, 3.05) is 5.32 Å². The molecule has 0 bridgehead atoms. The number of carbonyl (C=O) groups is 2. The molecule has 0 radical (unpaired) electrons. The Bertz CT molecular complexity index is 1100. The number of amides is 2. The molecule has 2 aromatic carbocycles.